The van der Waals surface area contributed by atoms with Crippen molar-refractivity contribution in [1.29, 1.82) is 0 Å². The van der Waals surface area contributed by atoms with Crippen LogP contribution in [0.15, 0.2) is 33.3 Å². The van der Waals surface area contributed by atoms with Gasteiger partial charge in [0.25, 0.3) is 0 Å². The number of allylic oxidation sites excluding steroid dienone is 1. The molecule has 7 nitrogen and oxygen atoms in total. The fourth-order valence-corrected chi connectivity index (χ4v) is 2.07. The quantitative estimate of drug-likeness (QED) is 0.660. The van der Waals surface area contributed by atoms with E-state index in [9.17, 15) is 4.79 Å². The second kappa shape index (κ2) is 5.58. The highest BCUT2D eigenvalue weighted by molar-refractivity contribution is 7.13. The molecular formula is C10H14N6OS. The Labute approximate surface area is 109 Å². The van der Waals surface area contributed by atoms with Crippen LogP contribution in [0.4, 0.5) is 5.13 Å². The summed E-state index contributed by atoms with van der Waals surface area (Å²) in [7, 11) is 0. The highest BCUT2D eigenvalue weighted by Crippen LogP contribution is 2.19. The predicted molar refractivity (Wildman–Crippen MR) is 67.6 cm³/mol. The van der Waals surface area contributed by atoms with Gasteiger partial charge in [-0.1, -0.05) is 0 Å². The summed E-state index contributed by atoms with van der Waals surface area (Å²) in [5, 5.41) is 13.6. The number of carbonyl (C=O) groups is 1. The zero-order valence-corrected chi connectivity index (χ0v) is 10.8. The number of aromatic nitrogens is 1. The molecular weight excluding hydrogens is 252 g/mol. The molecule has 1 aliphatic heterocycles. The minimum absolute atomic E-state index is 0.444. The largest absolute Gasteiger partial charge is 0.382 e. The number of hydrogen-bond acceptors (Lipinski definition) is 7. The van der Waals surface area contributed by atoms with E-state index in [0.717, 1.165) is 12.8 Å². The third kappa shape index (κ3) is 2.65. The van der Waals surface area contributed by atoms with Crippen molar-refractivity contribution in [2.45, 2.75) is 13.3 Å². The maximum atomic E-state index is 10.8. The Hall–Kier alpha value is -1.96. The molecule has 0 aromatic carbocycles. The van der Waals surface area contributed by atoms with Gasteiger partial charge in [0.15, 0.2) is 0 Å². The third-order valence-corrected chi connectivity index (χ3v) is 3.20. The van der Waals surface area contributed by atoms with Crippen molar-refractivity contribution in [3.8, 4) is 0 Å². The van der Waals surface area contributed by atoms with Crippen LogP contribution in [-0.2, 0) is 4.79 Å². The van der Waals surface area contributed by atoms with Gasteiger partial charge in [-0.2, -0.15) is 0 Å². The first-order valence-corrected chi connectivity index (χ1v) is 6.37. The molecule has 96 valence electrons. The summed E-state index contributed by atoms with van der Waals surface area (Å²) in [4.78, 5) is 14.8. The Morgan fingerprint density at radius 2 is 2.44 bits per heavy atom. The Morgan fingerprint density at radius 1 is 1.61 bits per heavy atom. The Bertz CT molecular complexity index is 469. The second-order valence-corrected chi connectivity index (χ2v) is 4.60. The van der Waals surface area contributed by atoms with Gasteiger partial charge < -0.3 is 5.73 Å². The summed E-state index contributed by atoms with van der Waals surface area (Å²) in [6.45, 7) is 3.16. The van der Waals surface area contributed by atoms with Crippen LogP contribution in [0.1, 0.15) is 13.3 Å². The summed E-state index contributed by atoms with van der Waals surface area (Å²) in [6, 6.07) is 0. The van der Waals surface area contributed by atoms with Crippen molar-refractivity contribution in [2.75, 3.05) is 13.1 Å². The van der Waals surface area contributed by atoms with Crippen LogP contribution in [0.5, 0.6) is 0 Å². The zero-order valence-electron chi connectivity index (χ0n) is 9.98. The van der Waals surface area contributed by atoms with E-state index < -0.39 is 0 Å². The first kappa shape index (κ1) is 12.5. The molecule has 0 spiro atoms. The van der Waals surface area contributed by atoms with Gasteiger partial charge in [0.1, 0.15) is 11.5 Å². The van der Waals surface area contributed by atoms with Crippen LogP contribution in [0.2, 0.25) is 0 Å². The number of hydrazine groups is 1. The zero-order chi connectivity index (χ0) is 13.0. The van der Waals surface area contributed by atoms with E-state index in [2.05, 4.69) is 15.2 Å². The van der Waals surface area contributed by atoms with Gasteiger partial charge in [-0.05, 0) is 13.3 Å². The van der Waals surface area contributed by atoms with Gasteiger partial charge in [-0.3, -0.25) is 14.8 Å². The lowest BCUT2D eigenvalue weighted by Crippen LogP contribution is -2.38. The lowest BCUT2D eigenvalue weighted by molar-refractivity contribution is -0.127. The number of thiazole rings is 1. The normalized spacial score (nSPS) is 17.4. The lowest BCUT2D eigenvalue weighted by Gasteiger charge is -2.26. The van der Waals surface area contributed by atoms with Crippen LogP contribution >= 0.6 is 11.3 Å². The van der Waals surface area contributed by atoms with Crippen molar-refractivity contribution in [1.82, 2.24) is 15.0 Å². The number of nitrogens with two attached hydrogens (primary N) is 1. The molecule has 2 rings (SSSR count). The summed E-state index contributed by atoms with van der Waals surface area (Å²) < 4.78 is 0. The highest BCUT2D eigenvalue weighted by atomic mass is 32.1. The molecule has 0 bridgehead atoms. The molecule has 1 aromatic heterocycles. The molecule has 1 amide bonds. The topological polar surface area (TPSA) is 87.2 Å². The molecule has 1 aromatic rings. The van der Waals surface area contributed by atoms with Crippen molar-refractivity contribution >= 4 is 22.9 Å². The van der Waals surface area contributed by atoms with Crippen LogP contribution < -0.4 is 5.73 Å². The number of amides is 1. The van der Waals surface area contributed by atoms with Gasteiger partial charge >= 0.3 is 0 Å². The van der Waals surface area contributed by atoms with E-state index in [-0.39, 0.29) is 0 Å². The Morgan fingerprint density at radius 3 is 3.11 bits per heavy atom. The summed E-state index contributed by atoms with van der Waals surface area (Å²) >= 11 is 1.40. The Kier molecular flexibility index (Phi) is 3.88. The fraction of sp³-hybridized carbons (Fsp3) is 0.400. The standard InChI is InChI=1S/C10H14N6OS/c1-8(13-14-10-12-3-6-18-10)9(11)16-5-2-4-15(16)7-17/h3,6-7H,2,4-5,11H2,1H3/b9-8+,14-13+. The maximum Gasteiger partial charge on any atom is 0.229 e. The van der Waals surface area contributed by atoms with E-state index in [1.165, 1.54) is 16.3 Å². The minimum Gasteiger partial charge on any atom is -0.382 e. The van der Waals surface area contributed by atoms with E-state index >= 15 is 0 Å². The number of azo groups is 1. The molecule has 18 heavy (non-hydrogen) atoms. The average molecular weight is 266 g/mol. The van der Waals surface area contributed by atoms with Crippen LogP contribution in [0.25, 0.3) is 0 Å². The smallest absolute Gasteiger partial charge is 0.229 e. The molecule has 0 radical (unpaired) electrons. The third-order valence-electron chi connectivity index (χ3n) is 2.54. The summed E-state index contributed by atoms with van der Waals surface area (Å²) in [5.41, 5.74) is 6.53. The molecule has 2 heterocycles. The van der Waals surface area contributed by atoms with Gasteiger partial charge in [-0.25, -0.2) is 4.98 Å². The van der Waals surface area contributed by atoms with Crippen molar-refractivity contribution in [2.24, 2.45) is 16.0 Å². The molecule has 8 heteroatoms. The molecule has 1 saturated heterocycles. The highest BCUT2D eigenvalue weighted by Gasteiger charge is 2.22. The molecule has 0 saturated carbocycles. The predicted octanol–water partition coefficient (Wildman–Crippen LogP) is 1.45. The van der Waals surface area contributed by atoms with Gasteiger partial charge in [0, 0.05) is 24.7 Å². The van der Waals surface area contributed by atoms with Crippen molar-refractivity contribution < 1.29 is 4.79 Å². The lowest BCUT2D eigenvalue weighted by atomic mass is 10.4. The van der Waals surface area contributed by atoms with Crippen molar-refractivity contribution in [3.05, 3.63) is 23.1 Å². The Balaban J connectivity index is 2.11. The molecule has 0 atom stereocenters. The SMILES string of the molecule is CC(/N=N/c1nccs1)=C(/N)N1CCCN1C=O. The second-order valence-electron chi connectivity index (χ2n) is 3.73. The number of nitrogens with zero attached hydrogens (tertiary/aromatic N) is 5. The van der Waals surface area contributed by atoms with Crippen molar-refractivity contribution in [3.63, 3.8) is 0 Å². The van der Waals surface area contributed by atoms with Gasteiger partial charge in [0.2, 0.25) is 11.5 Å². The average Bonchev–Trinajstić information content (AvgIpc) is 3.05. The molecule has 0 unspecified atom stereocenters. The number of hydrogen-bond donors (Lipinski definition) is 1. The first-order valence-electron chi connectivity index (χ1n) is 5.49. The molecule has 1 fully saturated rings. The molecule has 0 aliphatic carbocycles. The summed E-state index contributed by atoms with van der Waals surface area (Å²) in [5.74, 6) is 0.444. The van der Waals surface area contributed by atoms with E-state index in [0.29, 0.717) is 29.7 Å². The van der Waals surface area contributed by atoms with E-state index in [4.69, 9.17) is 5.73 Å². The molecule has 1 aliphatic rings. The van der Waals surface area contributed by atoms with Gasteiger partial charge in [0.05, 0.1) is 0 Å². The molecule has 2 N–H and O–H groups in total. The van der Waals surface area contributed by atoms with E-state index in [1.54, 1.807) is 18.1 Å². The first-order chi connectivity index (χ1) is 8.72. The number of rotatable bonds is 4. The fourth-order valence-electron chi connectivity index (χ4n) is 1.62. The minimum atomic E-state index is 0.444. The van der Waals surface area contributed by atoms with Crippen LogP contribution in [-0.4, -0.2) is 34.5 Å². The monoisotopic (exact) mass is 266 g/mol. The summed E-state index contributed by atoms with van der Waals surface area (Å²) in [6.07, 6.45) is 3.33. The van der Waals surface area contributed by atoms with Crippen LogP contribution in [0, 0.1) is 0 Å². The number of carbonyl (C=O) groups excluding carboxylic acids is 1. The van der Waals surface area contributed by atoms with Crippen LogP contribution in [0.3, 0.4) is 0 Å². The maximum absolute atomic E-state index is 10.8. The van der Waals surface area contributed by atoms with E-state index in [1.807, 2.05) is 5.38 Å². The van der Waals surface area contributed by atoms with Gasteiger partial charge in [-0.15, -0.1) is 21.6 Å².